The maximum atomic E-state index is 12.9. The molecule has 1 amide bonds. The van der Waals surface area contributed by atoms with E-state index < -0.39 is 5.82 Å². The van der Waals surface area contributed by atoms with Gasteiger partial charge in [-0.3, -0.25) is 4.79 Å². The third-order valence-electron chi connectivity index (χ3n) is 2.81. The Morgan fingerprint density at radius 3 is 2.95 bits per heavy atom. The van der Waals surface area contributed by atoms with Gasteiger partial charge in [0.2, 0.25) is 5.91 Å². The molecule has 2 rings (SSSR count). The number of nitrogens with zero attached hydrogens (tertiary/aromatic N) is 2. The normalized spacial score (nSPS) is 10.0. The summed E-state index contributed by atoms with van der Waals surface area (Å²) in [5.74, 6) is -0.701. The summed E-state index contributed by atoms with van der Waals surface area (Å²) in [5.41, 5.74) is 6.66. The molecular weight excluding hydrogens is 259 g/mol. The standard InChI is InChI=1S/C14H13FN4O/c15-10-3-4-13(12(17)8-10)18-14(20)5-7-19-6-1-2-11(19)9-16/h1-4,6,8H,5,7,17H2,(H,18,20). The molecule has 0 saturated carbocycles. The number of hydrogen-bond donors (Lipinski definition) is 2. The van der Waals surface area contributed by atoms with Gasteiger partial charge in [0.05, 0.1) is 11.4 Å². The van der Waals surface area contributed by atoms with Crippen molar-refractivity contribution in [3.05, 3.63) is 48.0 Å². The quantitative estimate of drug-likeness (QED) is 0.836. The van der Waals surface area contributed by atoms with Gasteiger partial charge in [-0.25, -0.2) is 4.39 Å². The van der Waals surface area contributed by atoms with E-state index in [0.29, 0.717) is 17.9 Å². The molecule has 102 valence electrons. The van der Waals surface area contributed by atoms with Crippen molar-refractivity contribution in [3.8, 4) is 6.07 Å². The molecule has 6 heteroatoms. The molecule has 0 aliphatic carbocycles. The van der Waals surface area contributed by atoms with Crippen molar-refractivity contribution in [2.75, 3.05) is 11.1 Å². The van der Waals surface area contributed by atoms with Crippen LogP contribution in [0.2, 0.25) is 0 Å². The minimum Gasteiger partial charge on any atom is -0.397 e. The van der Waals surface area contributed by atoms with E-state index in [4.69, 9.17) is 11.0 Å². The monoisotopic (exact) mass is 272 g/mol. The van der Waals surface area contributed by atoms with E-state index in [9.17, 15) is 9.18 Å². The number of nitrogen functional groups attached to an aromatic ring is 1. The molecule has 0 radical (unpaired) electrons. The highest BCUT2D eigenvalue weighted by Gasteiger charge is 2.07. The maximum Gasteiger partial charge on any atom is 0.226 e. The predicted molar refractivity (Wildman–Crippen MR) is 73.2 cm³/mol. The zero-order chi connectivity index (χ0) is 14.5. The van der Waals surface area contributed by atoms with Crippen LogP contribution in [0, 0.1) is 17.1 Å². The van der Waals surface area contributed by atoms with Gasteiger partial charge in [0, 0.05) is 19.2 Å². The van der Waals surface area contributed by atoms with Crippen molar-refractivity contribution in [2.45, 2.75) is 13.0 Å². The molecule has 1 aromatic carbocycles. The molecule has 0 aliphatic rings. The van der Waals surface area contributed by atoms with Gasteiger partial charge in [0.25, 0.3) is 0 Å². The highest BCUT2D eigenvalue weighted by molar-refractivity contribution is 5.93. The fourth-order valence-electron chi connectivity index (χ4n) is 1.79. The number of nitrogens with two attached hydrogens (primary N) is 1. The van der Waals surface area contributed by atoms with Crippen LogP contribution in [0.15, 0.2) is 36.5 Å². The minimum absolute atomic E-state index is 0.178. The number of aromatic nitrogens is 1. The third-order valence-corrected chi connectivity index (χ3v) is 2.81. The molecule has 0 aliphatic heterocycles. The summed E-state index contributed by atoms with van der Waals surface area (Å²) in [6.07, 6.45) is 1.93. The first-order valence-electron chi connectivity index (χ1n) is 6.00. The number of halogens is 1. The van der Waals surface area contributed by atoms with Gasteiger partial charge in [-0.1, -0.05) is 0 Å². The molecule has 0 atom stereocenters. The lowest BCUT2D eigenvalue weighted by Gasteiger charge is -2.09. The van der Waals surface area contributed by atoms with E-state index in [-0.39, 0.29) is 18.0 Å². The van der Waals surface area contributed by atoms with Crippen LogP contribution in [0.1, 0.15) is 12.1 Å². The van der Waals surface area contributed by atoms with Crippen LogP contribution >= 0.6 is 0 Å². The van der Waals surface area contributed by atoms with E-state index in [1.165, 1.54) is 12.1 Å². The van der Waals surface area contributed by atoms with Crippen LogP contribution in [0.4, 0.5) is 15.8 Å². The SMILES string of the molecule is N#Cc1cccn1CCC(=O)Nc1ccc(F)cc1N. The van der Waals surface area contributed by atoms with Crippen molar-refractivity contribution in [2.24, 2.45) is 0 Å². The minimum atomic E-state index is -0.452. The van der Waals surface area contributed by atoms with Gasteiger partial charge in [-0.15, -0.1) is 0 Å². The first-order chi connectivity index (χ1) is 9.60. The molecule has 1 aromatic heterocycles. The van der Waals surface area contributed by atoms with Crippen LogP contribution in [0.25, 0.3) is 0 Å². The summed E-state index contributed by atoms with van der Waals surface area (Å²) in [5, 5.41) is 11.5. The van der Waals surface area contributed by atoms with Crippen molar-refractivity contribution in [1.82, 2.24) is 4.57 Å². The Bertz CT molecular complexity index is 672. The summed E-state index contributed by atoms with van der Waals surface area (Å²) in [4.78, 5) is 11.8. The summed E-state index contributed by atoms with van der Waals surface area (Å²) < 4.78 is 14.6. The highest BCUT2D eigenvalue weighted by atomic mass is 19.1. The second-order valence-electron chi connectivity index (χ2n) is 4.23. The first kappa shape index (κ1) is 13.6. The van der Waals surface area contributed by atoms with Crippen molar-refractivity contribution < 1.29 is 9.18 Å². The molecular formula is C14H13FN4O. The number of carbonyl (C=O) groups is 1. The number of benzene rings is 1. The first-order valence-corrected chi connectivity index (χ1v) is 6.00. The van der Waals surface area contributed by atoms with Crippen LogP contribution in [-0.4, -0.2) is 10.5 Å². The summed E-state index contributed by atoms with van der Waals surface area (Å²) in [6.45, 7) is 0.392. The van der Waals surface area contributed by atoms with E-state index in [1.807, 2.05) is 6.07 Å². The second-order valence-corrected chi connectivity index (χ2v) is 4.23. The lowest BCUT2D eigenvalue weighted by Crippen LogP contribution is -2.15. The molecule has 0 bridgehead atoms. The fraction of sp³-hybridized carbons (Fsp3) is 0.143. The molecule has 0 fully saturated rings. The van der Waals surface area contributed by atoms with Crippen LogP contribution < -0.4 is 11.1 Å². The molecule has 2 aromatic rings. The van der Waals surface area contributed by atoms with Gasteiger partial charge in [-0.2, -0.15) is 5.26 Å². The number of anilines is 2. The van der Waals surface area contributed by atoms with Gasteiger partial charge in [-0.05, 0) is 30.3 Å². The molecule has 1 heterocycles. The highest BCUT2D eigenvalue weighted by Crippen LogP contribution is 2.19. The van der Waals surface area contributed by atoms with Gasteiger partial charge >= 0.3 is 0 Å². The molecule has 0 unspecified atom stereocenters. The summed E-state index contributed by atoms with van der Waals surface area (Å²) in [7, 11) is 0. The molecule has 0 saturated heterocycles. The summed E-state index contributed by atoms with van der Waals surface area (Å²) >= 11 is 0. The van der Waals surface area contributed by atoms with Crippen LogP contribution in [-0.2, 0) is 11.3 Å². The lowest BCUT2D eigenvalue weighted by molar-refractivity contribution is -0.116. The number of carbonyl (C=O) groups excluding carboxylic acids is 1. The van der Waals surface area contributed by atoms with E-state index in [2.05, 4.69) is 5.32 Å². The number of amides is 1. The number of rotatable bonds is 4. The Labute approximate surface area is 115 Å². The average Bonchev–Trinajstić information content (AvgIpc) is 2.87. The number of nitriles is 1. The van der Waals surface area contributed by atoms with E-state index >= 15 is 0 Å². The topological polar surface area (TPSA) is 83.8 Å². The number of aryl methyl sites for hydroxylation is 1. The zero-order valence-corrected chi connectivity index (χ0v) is 10.6. The smallest absolute Gasteiger partial charge is 0.226 e. The molecule has 20 heavy (non-hydrogen) atoms. The van der Waals surface area contributed by atoms with Crippen molar-refractivity contribution in [1.29, 1.82) is 5.26 Å². The largest absolute Gasteiger partial charge is 0.397 e. The third kappa shape index (κ3) is 3.14. The van der Waals surface area contributed by atoms with Gasteiger partial charge < -0.3 is 15.6 Å². The van der Waals surface area contributed by atoms with Gasteiger partial charge in [0.1, 0.15) is 17.6 Å². The lowest BCUT2D eigenvalue weighted by atomic mass is 10.2. The maximum absolute atomic E-state index is 12.9. The molecule has 0 spiro atoms. The van der Waals surface area contributed by atoms with E-state index in [1.54, 1.807) is 22.9 Å². The second kappa shape index (κ2) is 5.89. The van der Waals surface area contributed by atoms with Crippen molar-refractivity contribution >= 4 is 17.3 Å². The Morgan fingerprint density at radius 1 is 1.45 bits per heavy atom. The number of nitrogens with one attached hydrogen (secondary N) is 1. The van der Waals surface area contributed by atoms with Gasteiger partial charge in [0.15, 0.2) is 0 Å². The number of hydrogen-bond acceptors (Lipinski definition) is 3. The zero-order valence-electron chi connectivity index (χ0n) is 10.6. The molecule has 3 N–H and O–H groups in total. The average molecular weight is 272 g/mol. The van der Waals surface area contributed by atoms with Crippen LogP contribution in [0.5, 0.6) is 0 Å². The Hall–Kier alpha value is -2.81. The van der Waals surface area contributed by atoms with Crippen LogP contribution in [0.3, 0.4) is 0 Å². The fourth-order valence-corrected chi connectivity index (χ4v) is 1.79. The van der Waals surface area contributed by atoms with Crippen molar-refractivity contribution in [3.63, 3.8) is 0 Å². The Kier molecular flexibility index (Phi) is 4.01. The Morgan fingerprint density at radius 2 is 2.25 bits per heavy atom. The Balaban J connectivity index is 1.95. The van der Waals surface area contributed by atoms with E-state index in [0.717, 1.165) is 6.07 Å². The predicted octanol–water partition coefficient (Wildman–Crippen LogP) is 2.11. The molecule has 5 nitrogen and oxygen atoms in total. The summed E-state index contributed by atoms with van der Waals surface area (Å²) in [6, 6.07) is 9.25.